The highest BCUT2D eigenvalue weighted by Gasteiger charge is 2.05. The minimum Gasteiger partial charge on any atom is -0.493 e. The second kappa shape index (κ2) is 8.41. The first-order valence-corrected chi connectivity index (χ1v) is 6.02. The summed E-state index contributed by atoms with van der Waals surface area (Å²) in [5.41, 5.74) is 0.651. The third-order valence-electron chi connectivity index (χ3n) is 2.35. The van der Waals surface area contributed by atoms with Crippen LogP contribution in [0.2, 0.25) is 0 Å². The molecule has 1 aromatic rings. The Balaban J connectivity index is 2.58. The molecule has 0 saturated carbocycles. The Hall–Kier alpha value is -2.77. The second-order valence-electron chi connectivity index (χ2n) is 3.84. The topological polar surface area (TPSA) is 108 Å². The van der Waals surface area contributed by atoms with Crippen molar-refractivity contribution in [1.29, 1.82) is 0 Å². The summed E-state index contributed by atoms with van der Waals surface area (Å²) in [6, 6.07) is 4.93. The predicted molar refractivity (Wildman–Crippen MR) is 72.7 cm³/mol. The van der Waals surface area contributed by atoms with E-state index in [1.54, 1.807) is 18.2 Å². The van der Waals surface area contributed by atoms with E-state index in [4.69, 9.17) is 14.6 Å². The highest BCUT2D eigenvalue weighted by atomic mass is 16.9. The molecule has 8 nitrogen and oxygen atoms in total. The summed E-state index contributed by atoms with van der Waals surface area (Å²) in [7, 11) is 1.46. The first-order chi connectivity index (χ1) is 10.0. The maximum Gasteiger partial charge on any atom is 0.328 e. The molecule has 0 bridgehead atoms. The fourth-order valence-corrected chi connectivity index (χ4v) is 1.45. The van der Waals surface area contributed by atoms with Crippen LogP contribution in [0.5, 0.6) is 11.5 Å². The van der Waals surface area contributed by atoms with E-state index < -0.39 is 11.1 Å². The van der Waals surface area contributed by atoms with Crippen molar-refractivity contribution in [3.63, 3.8) is 0 Å². The highest BCUT2D eigenvalue weighted by molar-refractivity contribution is 5.85. The van der Waals surface area contributed by atoms with E-state index in [-0.39, 0.29) is 13.2 Å². The smallest absolute Gasteiger partial charge is 0.328 e. The summed E-state index contributed by atoms with van der Waals surface area (Å²) >= 11 is 0. The molecule has 0 aliphatic carbocycles. The van der Waals surface area contributed by atoms with Crippen molar-refractivity contribution in [2.75, 3.05) is 20.3 Å². The molecule has 0 atom stereocenters. The van der Waals surface area contributed by atoms with Crippen LogP contribution in [0.4, 0.5) is 0 Å². The SMILES string of the molecule is COc1cc(/C=C/C(=O)O)ccc1OCCCO[N+](=O)[O-]. The Morgan fingerprint density at radius 3 is 2.76 bits per heavy atom. The fourth-order valence-electron chi connectivity index (χ4n) is 1.45. The molecule has 0 heterocycles. The molecule has 0 unspecified atom stereocenters. The molecule has 1 N–H and O–H groups in total. The van der Waals surface area contributed by atoms with Crippen molar-refractivity contribution in [2.24, 2.45) is 0 Å². The molecule has 1 aromatic carbocycles. The zero-order chi connectivity index (χ0) is 15.7. The van der Waals surface area contributed by atoms with E-state index in [9.17, 15) is 14.9 Å². The molecule has 0 radical (unpaired) electrons. The van der Waals surface area contributed by atoms with Crippen LogP contribution >= 0.6 is 0 Å². The Bertz CT molecular complexity index is 527. The Kier molecular flexibility index (Phi) is 6.52. The first-order valence-electron chi connectivity index (χ1n) is 6.02. The van der Waals surface area contributed by atoms with E-state index in [0.29, 0.717) is 23.5 Å². The molecule has 8 heteroatoms. The average Bonchev–Trinajstić information content (AvgIpc) is 2.45. The summed E-state index contributed by atoms with van der Waals surface area (Å²) in [4.78, 5) is 24.6. The lowest BCUT2D eigenvalue weighted by Crippen LogP contribution is -2.07. The van der Waals surface area contributed by atoms with Gasteiger partial charge in [-0.25, -0.2) is 4.79 Å². The number of carboxylic acid groups (broad SMARTS) is 1. The number of methoxy groups -OCH3 is 1. The third kappa shape index (κ3) is 6.28. The summed E-state index contributed by atoms with van der Waals surface area (Å²) in [5, 5.41) is 17.7. The van der Waals surface area contributed by atoms with Crippen LogP contribution in [0.3, 0.4) is 0 Å². The zero-order valence-electron chi connectivity index (χ0n) is 11.4. The second-order valence-corrected chi connectivity index (χ2v) is 3.84. The van der Waals surface area contributed by atoms with E-state index in [0.717, 1.165) is 6.08 Å². The van der Waals surface area contributed by atoms with Crippen molar-refractivity contribution in [2.45, 2.75) is 6.42 Å². The molecule has 21 heavy (non-hydrogen) atoms. The predicted octanol–water partition coefficient (Wildman–Crippen LogP) is 1.77. The van der Waals surface area contributed by atoms with Crippen molar-refractivity contribution in [1.82, 2.24) is 0 Å². The maximum absolute atomic E-state index is 10.4. The van der Waals surface area contributed by atoms with Crippen molar-refractivity contribution >= 4 is 12.0 Å². The summed E-state index contributed by atoms with van der Waals surface area (Å²) in [6.45, 7) is 0.184. The minimum absolute atomic E-state index is 0.0469. The van der Waals surface area contributed by atoms with Gasteiger partial charge in [0.2, 0.25) is 0 Å². The number of carboxylic acids is 1. The Labute approximate surface area is 120 Å². The van der Waals surface area contributed by atoms with Crippen LogP contribution in [0.1, 0.15) is 12.0 Å². The fraction of sp³-hybridized carbons (Fsp3) is 0.308. The van der Waals surface area contributed by atoms with Crippen LogP contribution in [-0.4, -0.2) is 36.5 Å². The van der Waals surface area contributed by atoms with E-state index >= 15 is 0 Å². The molecule has 114 valence electrons. The molecule has 0 fully saturated rings. The van der Waals surface area contributed by atoms with Gasteiger partial charge in [-0.15, -0.1) is 10.1 Å². The Morgan fingerprint density at radius 1 is 1.38 bits per heavy atom. The van der Waals surface area contributed by atoms with Gasteiger partial charge in [0.05, 0.1) is 20.3 Å². The van der Waals surface area contributed by atoms with Gasteiger partial charge in [-0.3, -0.25) is 0 Å². The lowest BCUT2D eigenvalue weighted by molar-refractivity contribution is -0.757. The lowest BCUT2D eigenvalue weighted by Gasteiger charge is -2.11. The van der Waals surface area contributed by atoms with Gasteiger partial charge in [0.25, 0.3) is 5.09 Å². The van der Waals surface area contributed by atoms with Gasteiger partial charge in [0.15, 0.2) is 11.5 Å². The molecule has 1 rings (SSSR count). The van der Waals surface area contributed by atoms with Crippen LogP contribution < -0.4 is 9.47 Å². The molecule has 0 spiro atoms. The normalized spacial score (nSPS) is 10.3. The van der Waals surface area contributed by atoms with Gasteiger partial charge < -0.3 is 19.4 Å². The minimum atomic E-state index is -1.04. The van der Waals surface area contributed by atoms with E-state index in [2.05, 4.69) is 4.84 Å². The zero-order valence-corrected chi connectivity index (χ0v) is 11.4. The molecule has 0 aliphatic heterocycles. The quantitative estimate of drug-likeness (QED) is 0.320. The van der Waals surface area contributed by atoms with Gasteiger partial charge in [-0.05, 0) is 23.8 Å². The maximum atomic E-state index is 10.4. The number of carbonyl (C=O) groups is 1. The van der Waals surface area contributed by atoms with Crippen LogP contribution in [-0.2, 0) is 9.63 Å². The van der Waals surface area contributed by atoms with Gasteiger partial charge in [0, 0.05) is 12.5 Å². The number of hydrogen-bond acceptors (Lipinski definition) is 6. The molecule has 0 amide bonds. The largest absolute Gasteiger partial charge is 0.493 e. The van der Waals surface area contributed by atoms with Crippen molar-refractivity contribution < 1.29 is 29.3 Å². The molecule has 0 aromatic heterocycles. The van der Waals surface area contributed by atoms with Crippen LogP contribution in [0.15, 0.2) is 24.3 Å². The summed E-state index contributed by atoms with van der Waals surface area (Å²) in [5.74, 6) is -0.135. The molecule has 0 aliphatic rings. The standard InChI is InChI=1S/C13H15NO7/c1-19-12-9-10(4-6-13(15)16)3-5-11(12)20-7-2-8-21-14(17)18/h3-6,9H,2,7-8H2,1H3,(H,15,16)/b6-4+. The number of rotatable bonds is 9. The lowest BCUT2D eigenvalue weighted by atomic mass is 10.2. The number of benzene rings is 1. The van der Waals surface area contributed by atoms with Crippen LogP contribution in [0, 0.1) is 10.1 Å². The number of ether oxygens (including phenoxy) is 2. The molecular formula is C13H15NO7. The molecule has 0 saturated heterocycles. The monoisotopic (exact) mass is 297 g/mol. The first kappa shape index (κ1) is 16.3. The number of nitrogens with zero attached hydrogens (tertiary/aromatic N) is 1. The van der Waals surface area contributed by atoms with E-state index in [1.165, 1.54) is 13.2 Å². The number of hydrogen-bond donors (Lipinski definition) is 1. The van der Waals surface area contributed by atoms with Crippen LogP contribution in [0.25, 0.3) is 6.08 Å². The van der Waals surface area contributed by atoms with Gasteiger partial charge >= 0.3 is 5.97 Å². The Morgan fingerprint density at radius 2 is 2.14 bits per heavy atom. The summed E-state index contributed by atoms with van der Waals surface area (Å²) in [6.07, 6.45) is 2.80. The van der Waals surface area contributed by atoms with Crippen molar-refractivity contribution in [3.8, 4) is 11.5 Å². The third-order valence-corrected chi connectivity index (χ3v) is 2.35. The highest BCUT2D eigenvalue weighted by Crippen LogP contribution is 2.28. The van der Waals surface area contributed by atoms with Crippen molar-refractivity contribution in [3.05, 3.63) is 40.0 Å². The van der Waals surface area contributed by atoms with Gasteiger partial charge in [-0.1, -0.05) is 6.07 Å². The average molecular weight is 297 g/mol. The van der Waals surface area contributed by atoms with Gasteiger partial charge in [0.1, 0.15) is 0 Å². The van der Waals surface area contributed by atoms with E-state index in [1.807, 2.05) is 0 Å². The molecular weight excluding hydrogens is 282 g/mol. The summed E-state index contributed by atoms with van der Waals surface area (Å²) < 4.78 is 10.6. The number of aliphatic carboxylic acids is 1. The van der Waals surface area contributed by atoms with Gasteiger partial charge in [-0.2, -0.15) is 0 Å².